The number of carbonyl (C=O) groups excluding carboxylic acids is 2. The fourth-order valence-electron chi connectivity index (χ4n) is 5.55. The minimum Gasteiger partial charge on any atom is -0.454 e. The number of fused-ring (bicyclic) bond motifs is 2. The lowest BCUT2D eigenvalue weighted by Crippen LogP contribution is -2.40. The number of nitrogens with zero attached hydrogens (tertiary/aromatic N) is 1. The maximum absolute atomic E-state index is 14.2. The Balaban J connectivity index is 1.59. The monoisotopic (exact) mass is 558 g/mol. The van der Waals surface area contributed by atoms with Gasteiger partial charge in [0.05, 0.1) is 23.8 Å². The Morgan fingerprint density at radius 2 is 1.73 bits per heavy atom. The minimum absolute atomic E-state index is 0.0404. The van der Waals surface area contributed by atoms with Crippen LogP contribution in [0.25, 0.3) is 0 Å². The molecule has 3 aromatic rings. The Morgan fingerprint density at radius 3 is 2.51 bits per heavy atom. The van der Waals surface area contributed by atoms with E-state index in [-0.39, 0.29) is 30.3 Å². The Kier molecular flexibility index (Phi) is 5.83. The largest absolute Gasteiger partial charge is 0.454 e. The van der Waals surface area contributed by atoms with Crippen molar-refractivity contribution >= 4 is 39.0 Å². The Bertz CT molecular complexity index is 1450. The first-order valence-corrected chi connectivity index (χ1v) is 13.2. The van der Waals surface area contributed by atoms with Crippen molar-refractivity contribution in [3.8, 4) is 11.5 Å². The molecular weight excluding hydrogens is 532 g/mol. The van der Waals surface area contributed by atoms with Gasteiger partial charge in [-0.05, 0) is 47.2 Å². The molecule has 3 aromatic carbocycles. The zero-order valence-corrected chi connectivity index (χ0v) is 22.3. The zero-order chi connectivity index (χ0) is 25.7. The summed E-state index contributed by atoms with van der Waals surface area (Å²) in [5.74, 6) is 1.18. The fraction of sp³-hybridized carbons (Fsp3) is 0.267. The Labute approximate surface area is 224 Å². The van der Waals surface area contributed by atoms with Gasteiger partial charge in [0.15, 0.2) is 17.3 Å². The van der Waals surface area contributed by atoms with E-state index in [9.17, 15) is 9.59 Å². The average molecular weight is 559 g/mol. The third kappa shape index (κ3) is 4.31. The second-order valence-corrected chi connectivity index (χ2v) is 11.4. The van der Waals surface area contributed by atoms with Crippen LogP contribution >= 0.6 is 15.9 Å². The summed E-state index contributed by atoms with van der Waals surface area (Å²) in [5, 5.41) is 3.56. The number of hydrogen-bond acceptors (Lipinski definition) is 5. The first kappa shape index (κ1) is 23.8. The molecule has 6 nitrogen and oxygen atoms in total. The number of ketones is 1. The number of hydrogen-bond donors (Lipinski definition) is 1. The highest BCUT2D eigenvalue weighted by Gasteiger charge is 2.44. The predicted octanol–water partition coefficient (Wildman–Crippen LogP) is 6.56. The van der Waals surface area contributed by atoms with E-state index < -0.39 is 6.04 Å². The molecule has 0 radical (unpaired) electrons. The number of nitrogens with one attached hydrogen (secondary N) is 1. The number of benzene rings is 3. The van der Waals surface area contributed by atoms with Crippen LogP contribution < -0.4 is 19.7 Å². The first-order chi connectivity index (χ1) is 17.8. The van der Waals surface area contributed by atoms with Crippen LogP contribution in [0.5, 0.6) is 11.5 Å². The van der Waals surface area contributed by atoms with Gasteiger partial charge in [-0.2, -0.15) is 0 Å². The van der Waals surface area contributed by atoms with E-state index in [2.05, 4.69) is 35.1 Å². The molecule has 6 rings (SSSR count). The SMILES string of the molecule is CC1(C)CC(=O)C2=C(C1)Nc1ccccc1N(C(=O)Cc1ccccc1)[C@H]2c1cc2c(cc1Br)OCO2. The van der Waals surface area contributed by atoms with Crippen LogP contribution in [0.3, 0.4) is 0 Å². The van der Waals surface area contributed by atoms with Crippen molar-refractivity contribution in [3.63, 3.8) is 0 Å². The number of carbonyl (C=O) groups is 2. The van der Waals surface area contributed by atoms with E-state index in [0.29, 0.717) is 29.9 Å². The number of rotatable bonds is 3. The highest BCUT2D eigenvalue weighted by atomic mass is 79.9. The first-order valence-electron chi connectivity index (χ1n) is 12.4. The lowest BCUT2D eigenvalue weighted by Gasteiger charge is -2.37. The van der Waals surface area contributed by atoms with Crippen LogP contribution in [0.2, 0.25) is 0 Å². The number of para-hydroxylation sites is 2. The van der Waals surface area contributed by atoms with Crippen molar-refractivity contribution in [3.05, 3.63) is 93.6 Å². The molecule has 1 aliphatic carbocycles. The third-order valence-electron chi connectivity index (χ3n) is 7.15. The van der Waals surface area contributed by atoms with Crippen molar-refractivity contribution in [2.24, 2.45) is 5.41 Å². The molecule has 0 saturated carbocycles. The number of amides is 1. The lowest BCUT2D eigenvalue weighted by atomic mass is 9.73. The molecular formula is C30H27BrN2O4. The summed E-state index contributed by atoms with van der Waals surface area (Å²) < 4.78 is 12.0. The number of anilines is 2. The zero-order valence-electron chi connectivity index (χ0n) is 20.7. The second kappa shape index (κ2) is 9.06. The lowest BCUT2D eigenvalue weighted by molar-refractivity contribution is -0.119. The van der Waals surface area contributed by atoms with E-state index >= 15 is 0 Å². The second-order valence-electron chi connectivity index (χ2n) is 10.5. The molecule has 0 unspecified atom stereocenters. The molecule has 3 aliphatic rings. The molecule has 0 bridgehead atoms. The van der Waals surface area contributed by atoms with Crippen LogP contribution in [-0.4, -0.2) is 18.5 Å². The van der Waals surface area contributed by atoms with Gasteiger partial charge in [0.25, 0.3) is 0 Å². The number of ether oxygens (including phenoxy) is 2. The summed E-state index contributed by atoms with van der Waals surface area (Å²) in [6.07, 6.45) is 1.31. The van der Waals surface area contributed by atoms with Crippen molar-refractivity contribution in [2.45, 2.75) is 39.2 Å². The smallest absolute Gasteiger partial charge is 0.232 e. The van der Waals surface area contributed by atoms with Crippen LogP contribution in [0.4, 0.5) is 11.4 Å². The summed E-state index contributed by atoms with van der Waals surface area (Å²) in [7, 11) is 0. The highest BCUT2D eigenvalue weighted by Crippen LogP contribution is 2.51. The van der Waals surface area contributed by atoms with Gasteiger partial charge in [0.2, 0.25) is 12.7 Å². The third-order valence-corrected chi connectivity index (χ3v) is 7.84. The number of allylic oxidation sites excluding steroid dienone is 1. The highest BCUT2D eigenvalue weighted by molar-refractivity contribution is 9.10. The molecule has 0 fully saturated rings. The van der Waals surface area contributed by atoms with Crippen molar-refractivity contribution in [1.29, 1.82) is 0 Å². The number of Topliss-reactive ketones (excluding diaryl/α,β-unsaturated/α-hetero) is 1. The van der Waals surface area contributed by atoms with E-state index in [1.54, 1.807) is 4.90 Å². The van der Waals surface area contributed by atoms with Gasteiger partial charge in [0.1, 0.15) is 0 Å². The van der Waals surface area contributed by atoms with Crippen LogP contribution in [-0.2, 0) is 16.0 Å². The summed E-state index contributed by atoms with van der Waals surface area (Å²) in [6.45, 7) is 4.35. The normalized spacial score (nSPS) is 19.6. The van der Waals surface area contributed by atoms with Gasteiger partial charge >= 0.3 is 0 Å². The Hall–Kier alpha value is -3.58. The molecule has 0 saturated heterocycles. The van der Waals surface area contributed by atoms with Crippen molar-refractivity contribution in [1.82, 2.24) is 0 Å². The molecule has 188 valence electrons. The van der Waals surface area contributed by atoms with E-state index in [0.717, 1.165) is 32.7 Å². The summed E-state index contributed by atoms with van der Waals surface area (Å²) in [5.41, 5.74) is 4.52. The quantitative estimate of drug-likeness (QED) is 0.394. The molecule has 1 N–H and O–H groups in total. The van der Waals surface area contributed by atoms with Crippen molar-refractivity contribution < 1.29 is 19.1 Å². The van der Waals surface area contributed by atoms with Crippen molar-refractivity contribution in [2.75, 3.05) is 17.0 Å². The summed E-state index contributed by atoms with van der Waals surface area (Å²) in [6, 6.07) is 20.6. The average Bonchev–Trinajstić information content (AvgIpc) is 3.24. The summed E-state index contributed by atoms with van der Waals surface area (Å²) >= 11 is 3.73. The molecule has 1 amide bonds. The molecule has 7 heteroatoms. The van der Waals surface area contributed by atoms with Gasteiger partial charge in [-0.15, -0.1) is 0 Å². The van der Waals surface area contributed by atoms with Gasteiger partial charge in [0, 0.05) is 22.2 Å². The predicted molar refractivity (Wildman–Crippen MR) is 146 cm³/mol. The van der Waals surface area contributed by atoms with Gasteiger partial charge < -0.3 is 14.8 Å². The maximum atomic E-state index is 14.2. The molecule has 0 spiro atoms. The van der Waals surface area contributed by atoms with Gasteiger partial charge in [-0.3, -0.25) is 14.5 Å². The standard InChI is InChI=1S/C30H27BrN2O4/c1-30(2)15-22-28(24(34)16-30)29(19-13-25-26(14-20(19)31)37-17-36-25)33(23-11-7-6-10-21(23)32-22)27(35)12-18-8-4-3-5-9-18/h3-11,13-14,29,32H,12,15-17H2,1-2H3/t29-/m0/s1. The molecule has 1 atom stereocenters. The van der Waals surface area contributed by atoms with Crippen LogP contribution in [0, 0.1) is 5.41 Å². The topological polar surface area (TPSA) is 67.9 Å². The van der Waals surface area contributed by atoms with Crippen LogP contribution in [0.15, 0.2) is 82.5 Å². The maximum Gasteiger partial charge on any atom is 0.232 e. The molecule has 2 aliphatic heterocycles. The number of halogens is 1. The molecule has 2 heterocycles. The fourth-order valence-corrected chi connectivity index (χ4v) is 6.09. The van der Waals surface area contributed by atoms with Crippen LogP contribution in [0.1, 0.15) is 43.9 Å². The minimum atomic E-state index is -0.644. The molecule has 37 heavy (non-hydrogen) atoms. The van der Waals surface area contributed by atoms with Gasteiger partial charge in [-0.25, -0.2) is 0 Å². The van der Waals surface area contributed by atoms with E-state index in [4.69, 9.17) is 9.47 Å². The Morgan fingerprint density at radius 1 is 1.03 bits per heavy atom. The van der Waals surface area contributed by atoms with E-state index in [1.807, 2.05) is 66.7 Å². The molecule has 0 aromatic heterocycles. The van der Waals surface area contributed by atoms with Gasteiger partial charge in [-0.1, -0.05) is 72.2 Å². The summed E-state index contributed by atoms with van der Waals surface area (Å²) in [4.78, 5) is 29.9. The van der Waals surface area contributed by atoms with E-state index in [1.165, 1.54) is 0 Å².